The van der Waals surface area contributed by atoms with Gasteiger partial charge in [-0.3, -0.25) is 5.01 Å². The normalized spacial score (nSPS) is 22.1. The maximum Gasteiger partial charge on any atom is 0.137 e. The number of benzene rings is 2. The Bertz CT molecular complexity index is 957. The molecule has 0 bridgehead atoms. The number of rotatable bonds is 4. The molecular weight excluding hydrogens is 459 g/mol. The first-order chi connectivity index (χ1) is 14.4. The number of anilines is 1. The quantitative estimate of drug-likeness (QED) is 0.504. The van der Waals surface area contributed by atoms with Crippen molar-refractivity contribution in [2.75, 3.05) is 18.1 Å². The van der Waals surface area contributed by atoms with E-state index < -0.39 is 0 Å². The lowest BCUT2D eigenvalue weighted by molar-refractivity contribution is 0.197. The average molecular weight is 482 g/mol. The predicted molar refractivity (Wildman–Crippen MR) is 131 cm³/mol. The van der Waals surface area contributed by atoms with Gasteiger partial charge in [0.25, 0.3) is 0 Å². The summed E-state index contributed by atoms with van der Waals surface area (Å²) in [7, 11) is 0. The molecule has 2 aliphatic rings. The van der Waals surface area contributed by atoms with Crippen LogP contribution in [-0.2, 0) is 0 Å². The monoisotopic (exact) mass is 480 g/mol. The zero-order chi connectivity index (χ0) is 21.3. The predicted octanol–water partition coefficient (Wildman–Crippen LogP) is 6.52. The van der Waals surface area contributed by atoms with Gasteiger partial charge in [0, 0.05) is 29.1 Å². The fraction of sp³-hybridized carbons (Fsp3) is 0.364. The maximum atomic E-state index is 6.55. The molecule has 2 aromatic rings. The van der Waals surface area contributed by atoms with Crippen molar-refractivity contribution in [2.45, 2.75) is 32.2 Å². The van der Waals surface area contributed by atoms with Crippen LogP contribution in [0.4, 0.5) is 5.69 Å². The fourth-order valence-corrected chi connectivity index (χ4v) is 5.03. The van der Waals surface area contributed by atoms with Gasteiger partial charge in [-0.1, -0.05) is 72.5 Å². The molecule has 2 aromatic carbocycles. The van der Waals surface area contributed by atoms with Gasteiger partial charge >= 0.3 is 0 Å². The number of nitrogens with zero attached hydrogens (tertiary/aromatic N) is 3. The first-order valence-corrected chi connectivity index (χ1v) is 11.6. The maximum absolute atomic E-state index is 6.55. The van der Waals surface area contributed by atoms with Crippen LogP contribution in [0.1, 0.15) is 37.8 Å². The van der Waals surface area contributed by atoms with Gasteiger partial charge in [0.2, 0.25) is 0 Å². The van der Waals surface area contributed by atoms with Crippen LogP contribution in [-0.4, -0.2) is 28.8 Å². The Morgan fingerprint density at radius 1 is 1.00 bits per heavy atom. The van der Waals surface area contributed by atoms with Gasteiger partial charge in [-0.15, -0.1) is 0 Å². The van der Waals surface area contributed by atoms with Crippen molar-refractivity contribution in [3.05, 3.63) is 63.1 Å². The highest BCUT2D eigenvalue weighted by Crippen LogP contribution is 2.42. The van der Waals surface area contributed by atoms with Crippen molar-refractivity contribution in [3.8, 4) is 0 Å². The molecule has 0 aromatic heterocycles. The van der Waals surface area contributed by atoms with E-state index in [9.17, 15) is 0 Å². The molecule has 30 heavy (non-hydrogen) atoms. The number of nitrogens with one attached hydrogen (secondary N) is 1. The molecule has 1 fully saturated rings. The van der Waals surface area contributed by atoms with Crippen LogP contribution in [0.5, 0.6) is 0 Å². The number of hydrazone groups is 1. The minimum absolute atomic E-state index is 0.0581. The number of hydrazine groups is 1. The Kier molecular flexibility index (Phi) is 6.85. The van der Waals surface area contributed by atoms with Gasteiger partial charge in [-0.05, 0) is 48.7 Å². The van der Waals surface area contributed by atoms with Gasteiger partial charge in [-0.2, -0.15) is 5.10 Å². The van der Waals surface area contributed by atoms with Crippen LogP contribution >= 0.6 is 47.0 Å². The average Bonchev–Trinajstić information content (AvgIpc) is 3.06. The second kappa shape index (κ2) is 9.41. The summed E-state index contributed by atoms with van der Waals surface area (Å²) in [6.45, 7) is 4.14. The summed E-state index contributed by atoms with van der Waals surface area (Å²) in [4.78, 5) is 0.663. The van der Waals surface area contributed by atoms with E-state index in [-0.39, 0.29) is 12.0 Å². The first-order valence-electron chi connectivity index (χ1n) is 10.1. The summed E-state index contributed by atoms with van der Waals surface area (Å²) in [5, 5.41) is 10.9. The number of hydrogen-bond acceptors (Lipinski definition) is 4. The molecule has 2 atom stereocenters. The Morgan fingerprint density at radius 3 is 2.33 bits per heavy atom. The first kappa shape index (κ1) is 21.8. The largest absolute Gasteiger partial charge is 0.308 e. The lowest BCUT2D eigenvalue weighted by atomic mass is 9.91. The van der Waals surface area contributed by atoms with Gasteiger partial charge in [0.15, 0.2) is 0 Å². The fourth-order valence-electron chi connectivity index (χ4n) is 4.05. The van der Waals surface area contributed by atoms with Gasteiger partial charge < -0.3 is 5.43 Å². The smallest absolute Gasteiger partial charge is 0.137 e. The Labute approximate surface area is 197 Å². The van der Waals surface area contributed by atoms with Crippen LogP contribution in [0, 0.1) is 5.92 Å². The highest BCUT2D eigenvalue weighted by Gasteiger charge is 2.39. The Hall–Kier alpha value is -1.37. The highest BCUT2D eigenvalue weighted by atomic mass is 35.5. The van der Waals surface area contributed by atoms with Crippen molar-refractivity contribution in [1.29, 1.82) is 0 Å². The summed E-state index contributed by atoms with van der Waals surface area (Å²) < 4.78 is 0. The number of hydrogen-bond donors (Lipinski definition) is 1. The van der Waals surface area contributed by atoms with Crippen molar-refractivity contribution >= 4 is 63.4 Å². The SMILES string of the molecule is CC1C(C(=S)NN2CCCCC2)=NN(c2ccc(Cl)cc2Cl)C1c1ccc(Cl)cc1. The van der Waals surface area contributed by atoms with E-state index in [0.717, 1.165) is 30.1 Å². The minimum Gasteiger partial charge on any atom is -0.308 e. The van der Waals surface area contributed by atoms with Crippen LogP contribution < -0.4 is 10.4 Å². The summed E-state index contributed by atoms with van der Waals surface area (Å²) >= 11 is 24.6. The van der Waals surface area contributed by atoms with Crippen molar-refractivity contribution < 1.29 is 0 Å². The second-order valence-electron chi connectivity index (χ2n) is 7.70. The molecule has 2 heterocycles. The summed E-state index contributed by atoms with van der Waals surface area (Å²) in [6, 6.07) is 13.2. The van der Waals surface area contributed by atoms with Crippen LogP contribution in [0.15, 0.2) is 47.6 Å². The van der Waals surface area contributed by atoms with E-state index in [4.69, 9.17) is 52.1 Å². The molecule has 2 unspecified atom stereocenters. The summed E-state index contributed by atoms with van der Waals surface area (Å²) in [5.41, 5.74) is 6.14. The lowest BCUT2D eigenvalue weighted by Crippen LogP contribution is -2.47. The third-order valence-corrected chi connectivity index (χ3v) is 6.69. The van der Waals surface area contributed by atoms with E-state index in [1.54, 1.807) is 6.07 Å². The summed E-state index contributed by atoms with van der Waals surface area (Å²) in [5.74, 6) is 0.0581. The van der Waals surface area contributed by atoms with Crippen molar-refractivity contribution in [3.63, 3.8) is 0 Å². The van der Waals surface area contributed by atoms with E-state index in [0.29, 0.717) is 20.1 Å². The Balaban J connectivity index is 1.68. The standard InChI is InChI=1S/C22H23Cl3N4S/c1-14-20(22(30)27-28-11-3-2-4-12-28)26-29(19-10-9-17(24)13-18(19)25)21(14)15-5-7-16(23)8-6-15/h5-10,13-14,21H,2-4,11-12H2,1H3,(H,27,30). The van der Waals surface area contributed by atoms with Crippen molar-refractivity contribution in [1.82, 2.24) is 10.4 Å². The number of thiocarbonyl (C=S) groups is 1. The molecule has 0 aliphatic carbocycles. The Morgan fingerprint density at radius 2 is 1.67 bits per heavy atom. The molecule has 4 rings (SSSR count). The molecular formula is C22H23Cl3N4S. The molecule has 0 radical (unpaired) electrons. The van der Waals surface area contributed by atoms with E-state index in [1.165, 1.54) is 19.3 Å². The van der Waals surface area contributed by atoms with Gasteiger partial charge in [0.1, 0.15) is 10.7 Å². The third kappa shape index (κ3) is 4.61. The molecule has 158 valence electrons. The van der Waals surface area contributed by atoms with Crippen LogP contribution in [0.2, 0.25) is 15.1 Å². The van der Waals surface area contributed by atoms with Gasteiger partial charge in [-0.25, -0.2) is 5.01 Å². The highest BCUT2D eigenvalue weighted by molar-refractivity contribution is 7.82. The molecule has 2 aliphatic heterocycles. The minimum atomic E-state index is -0.0583. The van der Waals surface area contributed by atoms with E-state index in [1.807, 2.05) is 41.4 Å². The van der Waals surface area contributed by atoms with E-state index in [2.05, 4.69) is 17.4 Å². The zero-order valence-corrected chi connectivity index (χ0v) is 19.7. The molecule has 4 nitrogen and oxygen atoms in total. The van der Waals surface area contributed by atoms with Crippen molar-refractivity contribution in [2.24, 2.45) is 11.0 Å². The molecule has 1 N–H and O–H groups in total. The zero-order valence-electron chi connectivity index (χ0n) is 16.6. The number of halogens is 3. The lowest BCUT2D eigenvalue weighted by Gasteiger charge is -2.29. The molecule has 0 amide bonds. The molecule has 0 saturated carbocycles. The molecule has 1 saturated heterocycles. The van der Waals surface area contributed by atoms with Gasteiger partial charge in [0.05, 0.1) is 16.8 Å². The molecule has 8 heteroatoms. The summed E-state index contributed by atoms with van der Waals surface area (Å²) in [6.07, 6.45) is 3.62. The van der Waals surface area contributed by atoms with Crippen LogP contribution in [0.25, 0.3) is 0 Å². The number of piperidine rings is 1. The second-order valence-corrected chi connectivity index (χ2v) is 9.39. The topological polar surface area (TPSA) is 30.9 Å². The molecule has 0 spiro atoms. The third-order valence-electron chi connectivity index (χ3n) is 5.60. The van der Waals surface area contributed by atoms with E-state index >= 15 is 0 Å². The van der Waals surface area contributed by atoms with Crippen LogP contribution in [0.3, 0.4) is 0 Å².